The van der Waals surface area contributed by atoms with E-state index in [0.29, 0.717) is 17.7 Å². The van der Waals surface area contributed by atoms with E-state index >= 15 is 0 Å². The molecule has 0 spiro atoms. The number of rotatable bonds is 4. The summed E-state index contributed by atoms with van der Waals surface area (Å²) in [4.78, 5) is 28.8. The summed E-state index contributed by atoms with van der Waals surface area (Å²) in [6.07, 6.45) is 5.78. The number of amides is 1. The highest BCUT2D eigenvalue weighted by Gasteiger charge is 2.31. The van der Waals surface area contributed by atoms with Crippen molar-refractivity contribution in [3.63, 3.8) is 0 Å². The minimum atomic E-state index is -0.823. The highest BCUT2D eigenvalue weighted by Crippen LogP contribution is 2.27. The number of hydrogen-bond acceptors (Lipinski definition) is 4. The highest BCUT2D eigenvalue weighted by atomic mass is 32.1. The lowest BCUT2D eigenvalue weighted by Crippen LogP contribution is -2.42. The van der Waals surface area contributed by atoms with E-state index < -0.39 is 11.9 Å². The van der Waals surface area contributed by atoms with Gasteiger partial charge in [-0.2, -0.15) is 0 Å². The lowest BCUT2D eigenvalue weighted by atomic mass is 9.95. The molecule has 2 atom stereocenters. The van der Waals surface area contributed by atoms with E-state index in [-0.39, 0.29) is 11.9 Å². The SMILES string of the molecule is O=C(N[C@H]1CCCCC[C@H]1C(=O)O)c1cnc(-c2ccccc2)s1. The number of thiazole rings is 1. The summed E-state index contributed by atoms with van der Waals surface area (Å²) in [7, 11) is 0. The zero-order chi connectivity index (χ0) is 16.9. The van der Waals surface area contributed by atoms with Crippen LogP contribution in [-0.4, -0.2) is 28.0 Å². The molecule has 0 saturated heterocycles. The number of benzene rings is 1. The number of carbonyl (C=O) groups is 2. The monoisotopic (exact) mass is 344 g/mol. The molecule has 1 heterocycles. The third-order valence-electron chi connectivity index (χ3n) is 4.40. The van der Waals surface area contributed by atoms with Crippen LogP contribution >= 0.6 is 11.3 Å². The predicted molar refractivity (Wildman–Crippen MR) is 93.0 cm³/mol. The second kappa shape index (κ2) is 7.57. The first kappa shape index (κ1) is 16.6. The van der Waals surface area contributed by atoms with Gasteiger partial charge in [0.05, 0.1) is 12.1 Å². The standard InChI is InChI=1S/C18H20N2O3S/c21-16(20-14-10-6-2-5-9-13(14)18(22)23)15-11-19-17(24-15)12-7-3-1-4-8-12/h1,3-4,7-8,11,13-14H,2,5-6,9-10H2,(H,20,21)(H,22,23)/t13-,14+/m1/s1. The average Bonchev–Trinajstić information content (AvgIpc) is 2.97. The normalized spacial score (nSPS) is 21.0. The van der Waals surface area contributed by atoms with Gasteiger partial charge in [0.25, 0.3) is 5.91 Å². The number of aliphatic carboxylic acids is 1. The van der Waals surface area contributed by atoms with Crippen LogP contribution in [0.5, 0.6) is 0 Å². The van der Waals surface area contributed by atoms with Gasteiger partial charge in [-0.1, -0.05) is 49.6 Å². The maximum Gasteiger partial charge on any atom is 0.308 e. The van der Waals surface area contributed by atoms with E-state index in [0.717, 1.165) is 29.8 Å². The first-order chi connectivity index (χ1) is 11.6. The Morgan fingerprint density at radius 3 is 2.62 bits per heavy atom. The van der Waals surface area contributed by atoms with Crippen LogP contribution in [0.25, 0.3) is 10.6 Å². The minimum Gasteiger partial charge on any atom is -0.481 e. The number of carbonyl (C=O) groups excluding carboxylic acids is 1. The Labute approximate surface area is 144 Å². The molecule has 1 aromatic heterocycles. The van der Waals surface area contributed by atoms with Crippen molar-refractivity contribution in [1.29, 1.82) is 0 Å². The molecule has 1 aliphatic rings. The molecule has 1 amide bonds. The number of nitrogens with one attached hydrogen (secondary N) is 1. The van der Waals surface area contributed by atoms with Crippen LogP contribution in [0.15, 0.2) is 36.5 Å². The lowest BCUT2D eigenvalue weighted by Gasteiger charge is -2.22. The van der Waals surface area contributed by atoms with E-state index in [1.165, 1.54) is 11.3 Å². The van der Waals surface area contributed by atoms with Crippen molar-refractivity contribution in [3.05, 3.63) is 41.4 Å². The number of carboxylic acid groups (broad SMARTS) is 1. The van der Waals surface area contributed by atoms with Crippen LogP contribution in [0.4, 0.5) is 0 Å². The van der Waals surface area contributed by atoms with Crippen LogP contribution in [-0.2, 0) is 4.79 Å². The van der Waals surface area contributed by atoms with Gasteiger partial charge in [0.2, 0.25) is 0 Å². The van der Waals surface area contributed by atoms with Gasteiger partial charge in [0.15, 0.2) is 0 Å². The van der Waals surface area contributed by atoms with Gasteiger partial charge in [-0.15, -0.1) is 11.3 Å². The van der Waals surface area contributed by atoms with Crippen LogP contribution in [0.1, 0.15) is 41.8 Å². The van der Waals surface area contributed by atoms with Crippen molar-refractivity contribution in [2.45, 2.75) is 38.1 Å². The van der Waals surface area contributed by atoms with E-state index in [1.807, 2.05) is 30.3 Å². The molecule has 1 aliphatic carbocycles. The molecule has 0 bridgehead atoms. The van der Waals surface area contributed by atoms with E-state index in [1.54, 1.807) is 6.20 Å². The summed E-state index contributed by atoms with van der Waals surface area (Å²) in [5.41, 5.74) is 0.972. The lowest BCUT2D eigenvalue weighted by molar-refractivity contribution is -0.142. The molecule has 5 nitrogen and oxygen atoms in total. The second-order valence-electron chi connectivity index (χ2n) is 6.06. The van der Waals surface area contributed by atoms with Crippen LogP contribution in [0.2, 0.25) is 0 Å². The molecule has 126 valence electrons. The smallest absolute Gasteiger partial charge is 0.308 e. The van der Waals surface area contributed by atoms with Crippen LogP contribution < -0.4 is 5.32 Å². The molecule has 3 rings (SSSR count). The Kier molecular flexibility index (Phi) is 5.25. The topological polar surface area (TPSA) is 79.3 Å². The molecule has 24 heavy (non-hydrogen) atoms. The van der Waals surface area contributed by atoms with Crippen molar-refractivity contribution in [2.75, 3.05) is 0 Å². The molecule has 0 radical (unpaired) electrons. The van der Waals surface area contributed by atoms with Crippen molar-refractivity contribution in [1.82, 2.24) is 10.3 Å². The van der Waals surface area contributed by atoms with E-state index in [9.17, 15) is 14.7 Å². The van der Waals surface area contributed by atoms with Gasteiger partial charge in [-0.25, -0.2) is 4.98 Å². The van der Waals surface area contributed by atoms with Crippen LogP contribution in [0.3, 0.4) is 0 Å². The molecule has 1 fully saturated rings. The average molecular weight is 344 g/mol. The molecule has 1 saturated carbocycles. The summed E-state index contributed by atoms with van der Waals surface area (Å²) < 4.78 is 0. The van der Waals surface area contributed by atoms with Gasteiger partial charge in [0, 0.05) is 11.6 Å². The summed E-state index contributed by atoms with van der Waals surface area (Å²) in [5, 5.41) is 13.1. The number of hydrogen-bond donors (Lipinski definition) is 2. The zero-order valence-electron chi connectivity index (χ0n) is 13.3. The van der Waals surface area contributed by atoms with Crippen molar-refractivity contribution in [2.24, 2.45) is 5.92 Å². The quantitative estimate of drug-likeness (QED) is 0.831. The molecular formula is C18H20N2O3S. The maximum absolute atomic E-state index is 12.5. The molecule has 6 heteroatoms. The fourth-order valence-corrected chi connectivity index (χ4v) is 3.93. The Morgan fingerprint density at radius 2 is 1.88 bits per heavy atom. The summed E-state index contributed by atoms with van der Waals surface area (Å²) in [5.74, 6) is -1.55. The Balaban J connectivity index is 1.72. The zero-order valence-corrected chi connectivity index (χ0v) is 14.1. The second-order valence-corrected chi connectivity index (χ2v) is 7.09. The minimum absolute atomic E-state index is 0.229. The van der Waals surface area contributed by atoms with E-state index in [2.05, 4.69) is 10.3 Å². The van der Waals surface area contributed by atoms with Gasteiger partial charge >= 0.3 is 5.97 Å². The highest BCUT2D eigenvalue weighted by molar-refractivity contribution is 7.16. The third kappa shape index (κ3) is 3.82. The number of aromatic nitrogens is 1. The first-order valence-electron chi connectivity index (χ1n) is 8.20. The Morgan fingerprint density at radius 1 is 1.12 bits per heavy atom. The number of nitrogens with zero attached hydrogens (tertiary/aromatic N) is 1. The fourth-order valence-electron chi connectivity index (χ4n) is 3.11. The predicted octanol–water partition coefficient (Wildman–Crippen LogP) is 3.57. The molecule has 1 aromatic carbocycles. The van der Waals surface area contributed by atoms with Gasteiger partial charge in [-0.05, 0) is 12.8 Å². The fraction of sp³-hybridized carbons (Fsp3) is 0.389. The van der Waals surface area contributed by atoms with Crippen molar-refractivity contribution < 1.29 is 14.7 Å². The summed E-state index contributed by atoms with van der Waals surface area (Å²) >= 11 is 1.33. The van der Waals surface area contributed by atoms with Gasteiger partial charge < -0.3 is 10.4 Å². The van der Waals surface area contributed by atoms with Gasteiger partial charge in [0.1, 0.15) is 9.88 Å². The third-order valence-corrected chi connectivity index (χ3v) is 5.45. The van der Waals surface area contributed by atoms with Gasteiger partial charge in [-0.3, -0.25) is 9.59 Å². The van der Waals surface area contributed by atoms with Crippen molar-refractivity contribution >= 4 is 23.2 Å². The molecule has 0 unspecified atom stereocenters. The summed E-state index contributed by atoms with van der Waals surface area (Å²) in [6, 6.07) is 9.39. The molecule has 2 aromatic rings. The largest absolute Gasteiger partial charge is 0.481 e. The maximum atomic E-state index is 12.5. The number of carboxylic acids is 1. The Bertz CT molecular complexity index is 714. The molecule has 0 aliphatic heterocycles. The van der Waals surface area contributed by atoms with Crippen LogP contribution in [0, 0.1) is 5.92 Å². The Hall–Kier alpha value is -2.21. The van der Waals surface area contributed by atoms with E-state index in [4.69, 9.17) is 0 Å². The van der Waals surface area contributed by atoms with Crippen molar-refractivity contribution in [3.8, 4) is 10.6 Å². The first-order valence-corrected chi connectivity index (χ1v) is 9.01. The molecular weight excluding hydrogens is 324 g/mol. The molecule has 2 N–H and O–H groups in total. The summed E-state index contributed by atoms with van der Waals surface area (Å²) in [6.45, 7) is 0.